The average Bonchev–Trinajstić information content (AvgIpc) is 2.29. The average molecular weight is 239 g/mol. The molecule has 0 amide bonds. The molecule has 0 aliphatic rings. The second kappa shape index (κ2) is 6.39. The highest BCUT2D eigenvalue weighted by Gasteiger charge is 2.15. The minimum atomic E-state index is -0.0866. The molecule has 0 radical (unpaired) electrons. The molecule has 96 valence electrons. The van der Waals surface area contributed by atoms with E-state index in [2.05, 4.69) is 4.98 Å². The molecule has 1 heterocycles. The van der Waals surface area contributed by atoms with Crippen molar-refractivity contribution in [2.24, 2.45) is 0 Å². The summed E-state index contributed by atoms with van der Waals surface area (Å²) >= 11 is 0. The first kappa shape index (κ1) is 13.7. The number of aliphatic hydroxyl groups excluding tert-OH is 1. The maximum atomic E-state index is 12.2. The van der Waals surface area contributed by atoms with Gasteiger partial charge in [0.1, 0.15) is 0 Å². The fourth-order valence-electron chi connectivity index (χ4n) is 1.77. The number of hydrogen-bond donors (Lipinski definition) is 1. The van der Waals surface area contributed by atoms with Crippen LogP contribution in [0, 0.1) is 0 Å². The van der Waals surface area contributed by atoms with Gasteiger partial charge in [-0.1, -0.05) is 6.92 Å². The van der Waals surface area contributed by atoms with Gasteiger partial charge in [0.2, 0.25) is 0 Å². The largest absolute Gasteiger partial charge is 0.395 e. The molecule has 0 saturated heterocycles. The van der Waals surface area contributed by atoms with Gasteiger partial charge in [0.25, 0.3) is 5.56 Å². The summed E-state index contributed by atoms with van der Waals surface area (Å²) in [6.07, 6.45) is 4.25. The number of hydrogen-bond acceptors (Lipinski definition) is 4. The standard InChI is InChI=1S/C12H21N3O2/c1-4-6-14-7-5-13-11(12(14)17)15(8-9-16)10(2)3/h5,7,10,16H,4,6,8-9H2,1-3H3. The zero-order chi connectivity index (χ0) is 12.8. The first-order chi connectivity index (χ1) is 8.11. The van der Waals surface area contributed by atoms with Crippen LogP contribution in [0.4, 0.5) is 5.82 Å². The maximum Gasteiger partial charge on any atom is 0.293 e. The van der Waals surface area contributed by atoms with Crippen molar-refractivity contribution in [2.45, 2.75) is 39.8 Å². The fourth-order valence-corrected chi connectivity index (χ4v) is 1.77. The van der Waals surface area contributed by atoms with Crippen LogP contribution in [0.15, 0.2) is 17.2 Å². The highest BCUT2D eigenvalue weighted by molar-refractivity contribution is 5.36. The number of aryl methyl sites for hydroxylation is 1. The summed E-state index contributed by atoms with van der Waals surface area (Å²) in [6.45, 7) is 7.12. The van der Waals surface area contributed by atoms with E-state index in [1.54, 1.807) is 17.0 Å². The van der Waals surface area contributed by atoms with E-state index in [1.807, 2.05) is 25.7 Å². The normalized spacial score (nSPS) is 10.9. The van der Waals surface area contributed by atoms with E-state index in [4.69, 9.17) is 5.11 Å². The molecule has 1 aromatic heterocycles. The van der Waals surface area contributed by atoms with Crippen LogP contribution in [0.1, 0.15) is 27.2 Å². The Hall–Kier alpha value is -1.36. The Morgan fingerprint density at radius 1 is 1.53 bits per heavy atom. The molecule has 0 aromatic carbocycles. The lowest BCUT2D eigenvalue weighted by atomic mass is 10.3. The summed E-state index contributed by atoms with van der Waals surface area (Å²) in [5.41, 5.74) is -0.0866. The van der Waals surface area contributed by atoms with Crippen LogP contribution in [0.3, 0.4) is 0 Å². The van der Waals surface area contributed by atoms with Gasteiger partial charge in [-0.05, 0) is 20.3 Å². The van der Waals surface area contributed by atoms with Crippen LogP contribution in [-0.2, 0) is 6.54 Å². The van der Waals surface area contributed by atoms with Crippen LogP contribution < -0.4 is 10.5 Å². The SMILES string of the molecule is CCCn1ccnc(N(CCO)C(C)C)c1=O. The van der Waals surface area contributed by atoms with Gasteiger partial charge in [-0.15, -0.1) is 0 Å². The van der Waals surface area contributed by atoms with E-state index in [0.29, 0.717) is 18.9 Å². The number of aliphatic hydroxyl groups is 1. The van der Waals surface area contributed by atoms with Gasteiger partial charge < -0.3 is 14.6 Å². The van der Waals surface area contributed by atoms with Gasteiger partial charge in [0, 0.05) is 31.5 Å². The van der Waals surface area contributed by atoms with Gasteiger partial charge in [-0.25, -0.2) is 4.98 Å². The van der Waals surface area contributed by atoms with Crippen LogP contribution in [0.25, 0.3) is 0 Å². The Morgan fingerprint density at radius 2 is 2.24 bits per heavy atom. The van der Waals surface area contributed by atoms with E-state index < -0.39 is 0 Å². The molecule has 0 bridgehead atoms. The van der Waals surface area contributed by atoms with Crippen LogP contribution in [0.2, 0.25) is 0 Å². The molecule has 1 rings (SSSR count). The Bertz CT molecular complexity index is 401. The molecule has 17 heavy (non-hydrogen) atoms. The maximum absolute atomic E-state index is 12.2. The summed E-state index contributed by atoms with van der Waals surface area (Å²) in [5, 5.41) is 9.03. The van der Waals surface area contributed by atoms with Crippen molar-refractivity contribution in [3.63, 3.8) is 0 Å². The van der Waals surface area contributed by atoms with E-state index in [0.717, 1.165) is 6.42 Å². The summed E-state index contributed by atoms with van der Waals surface area (Å²) in [7, 11) is 0. The van der Waals surface area contributed by atoms with Crippen molar-refractivity contribution < 1.29 is 5.11 Å². The van der Waals surface area contributed by atoms with Crippen molar-refractivity contribution in [3.05, 3.63) is 22.7 Å². The van der Waals surface area contributed by atoms with Gasteiger partial charge in [-0.2, -0.15) is 0 Å². The first-order valence-electron chi connectivity index (χ1n) is 6.04. The van der Waals surface area contributed by atoms with Crippen molar-refractivity contribution >= 4 is 5.82 Å². The summed E-state index contributed by atoms with van der Waals surface area (Å²) < 4.78 is 1.66. The number of anilines is 1. The molecule has 1 N–H and O–H groups in total. The minimum absolute atomic E-state index is 0.0158. The Kier molecular flexibility index (Phi) is 5.15. The molecule has 5 nitrogen and oxygen atoms in total. The predicted octanol–water partition coefficient (Wildman–Crippen LogP) is 0.860. The predicted molar refractivity (Wildman–Crippen MR) is 68.4 cm³/mol. The molecule has 0 saturated carbocycles. The second-order valence-corrected chi connectivity index (χ2v) is 4.26. The first-order valence-corrected chi connectivity index (χ1v) is 6.04. The van der Waals surface area contributed by atoms with Crippen LogP contribution >= 0.6 is 0 Å². The van der Waals surface area contributed by atoms with Gasteiger partial charge in [-0.3, -0.25) is 4.79 Å². The van der Waals surface area contributed by atoms with E-state index in [9.17, 15) is 4.79 Å². The third-order valence-corrected chi connectivity index (χ3v) is 2.60. The zero-order valence-corrected chi connectivity index (χ0v) is 10.8. The minimum Gasteiger partial charge on any atom is -0.395 e. The van der Waals surface area contributed by atoms with Crippen LogP contribution in [-0.4, -0.2) is 33.9 Å². The monoisotopic (exact) mass is 239 g/mol. The van der Waals surface area contributed by atoms with Gasteiger partial charge >= 0.3 is 0 Å². The highest BCUT2D eigenvalue weighted by atomic mass is 16.3. The highest BCUT2D eigenvalue weighted by Crippen LogP contribution is 2.07. The summed E-state index contributed by atoms with van der Waals surface area (Å²) in [4.78, 5) is 18.1. The molecular weight excluding hydrogens is 218 g/mol. The quantitative estimate of drug-likeness (QED) is 0.800. The molecule has 5 heteroatoms. The number of nitrogens with zero attached hydrogens (tertiary/aromatic N) is 3. The molecule has 0 aliphatic heterocycles. The van der Waals surface area contributed by atoms with Crippen LogP contribution in [0.5, 0.6) is 0 Å². The number of rotatable bonds is 6. The van der Waals surface area contributed by atoms with Crippen molar-refractivity contribution in [1.29, 1.82) is 0 Å². The Labute approximate surface area is 102 Å². The Morgan fingerprint density at radius 3 is 2.76 bits per heavy atom. The van der Waals surface area contributed by atoms with E-state index in [1.165, 1.54) is 0 Å². The zero-order valence-electron chi connectivity index (χ0n) is 10.8. The van der Waals surface area contributed by atoms with Crippen molar-refractivity contribution in [1.82, 2.24) is 9.55 Å². The molecule has 0 aliphatic carbocycles. The summed E-state index contributed by atoms with van der Waals surface area (Å²) in [6, 6.07) is 0.139. The number of aromatic nitrogens is 2. The van der Waals surface area contributed by atoms with E-state index in [-0.39, 0.29) is 18.2 Å². The Balaban J connectivity index is 3.11. The van der Waals surface area contributed by atoms with Gasteiger partial charge in [0.15, 0.2) is 5.82 Å². The topological polar surface area (TPSA) is 58.4 Å². The van der Waals surface area contributed by atoms with Crippen molar-refractivity contribution in [3.8, 4) is 0 Å². The fraction of sp³-hybridized carbons (Fsp3) is 0.667. The summed E-state index contributed by atoms with van der Waals surface area (Å²) in [5.74, 6) is 0.421. The second-order valence-electron chi connectivity index (χ2n) is 4.26. The van der Waals surface area contributed by atoms with Crippen molar-refractivity contribution in [2.75, 3.05) is 18.1 Å². The molecule has 0 fully saturated rings. The lowest BCUT2D eigenvalue weighted by Gasteiger charge is -2.26. The molecule has 0 atom stereocenters. The molecule has 1 aromatic rings. The third kappa shape index (κ3) is 3.30. The molecule has 0 spiro atoms. The third-order valence-electron chi connectivity index (χ3n) is 2.60. The smallest absolute Gasteiger partial charge is 0.293 e. The van der Waals surface area contributed by atoms with Gasteiger partial charge in [0.05, 0.1) is 6.61 Å². The molecular formula is C12H21N3O2. The van der Waals surface area contributed by atoms with E-state index >= 15 is 0 Å². The lowest BCUT2D eigenvalue weighted by Crippen LogP contribution is -2.39. The molecule has 0 unspecified atom stereocenters. The lowest BCUT2D eigenvalue weighted by molar-refractivity contribution is 0.298.